The molecule has 1 saturated heterocycles. The van der Waals surface area contributed by atoms with Crippen LogP contribution >= 0.6 is 0 Å². The van der Waals surface area contributed by atoms with E-state index < -0.39 is 0 Å². The smallest absolute Gasteiger partial charge is 0.146 e. The molecular weight excluding hydrogens is 239 g/mol. The lowest BCUT2D eigenvalue weighted by atomic mass is 10.0. The number of hydrogen-bond acceptors (Lipinski definition) is 2. The Morgan fingerprint density at radius 3 is 2.79 bits per heavy atom. The topological polar surface area (TPSA) is 15.3 Å². The first kappa shape index (κ1) is 14.3. The molecule has 2 unspecified atom stereocenters. The molecular formula is C16H25FN2. The second-order valence-corrected chi connectivity index (χ2v) is 5.74. The third kappa shape index (κ3) is 3.47. The van der Waals surface area contributed by atoms with Crippen molar-refractivity contribution in [2.45, 2.75) is 39.2 Å². The van der Waals surface area contributed by atoms with Crippen LogP contribution in [0.15, 0.2) is 18.2 Å². The van der Waals surface area contributed by atoms with E-state index in [0.29, 0.717) is 0 Å². The molecule has 3 heteroatoms. The molecule has 1 aliphatic rings. The molecule has 19 heavy (non-hydrogen) atoms. The summed E-state index contributed by atoms with van der Waals surface area (Å²) in [7, 11) is 1.90. The largest absolute Gasteiger partial charge is 0.369 e. The fourth-order valence-electron chi connectivity index (χ4n) is 2.72. The Hall–Kier alpha value is -1.09. The molecule has 0 amide bonds. The van der Waals surface area contributed by atoms with E-state index in [1.165, 1.54) is 6.42 Å². The van der Waals surface area contributed by atoms with Crippen LogP contribution in [-0.4, -0.2) is 20.1 Å². The van der Waals surface area contributed by atoms with E-state index in [1.807, 2.05) is 26.1 Å². The molecule has 1 N–H and O–H groups in total. The molecule has 0 radical (unpaired) electrons. The van der Waals surface area contributed by atoms with Gasteiger partial charge in [-0.15, -0.1) is 0 Å². The van der Waals surface area contributed by atoms with E-state index in [-0.39, 0.29) is 11.9 Å². The summed E-state index contributed by atoms with van der Waals surface area (Å²) >= 11 is 0. The van der Waals surface area contributed by atoms with Crippen LogP contribution in [0.3, 0.4) is 0 Å². The lowest BCUT2D eigenvalue weighted by Gasteiger charge is -2.24. The summed E-state index contributed by atoms with van der Waals surface area (Å²) in [5.74, 6) is 0.672. The number of benzene rings is 1. The second-order valence-electron chi connectivity index (χ2n) is 5.74. The first-order valence-electron chi connectivity index (χ1n) is 7.33. The van der Waals surface area contributed by atoms with Crippen LogP contribution in [-0.2, 0) is 0 Å². The molecule has 0 aromatic heterocycles. The maximum atomic E-state index is 14.3. The van der Waals surface area contributed by atoms with Crippen molar-refractivity contribution in [3.05, 3.63) is 29.6 Å². The zero-order valence-corrected chi connectivity index (χ0v) is 12.2. The summed E-state index contributed by atoms with van der Waals surface area (Å²) in [6.45, 7) is 6.28. The van der Waals surface area contributed by atoms with Crippen LogP contribution in [0.1, 0.15) is 44.7 Å². The van der Waals surface area contributed by atoms with Crippen molar-refractivity contribution in [2.24, 2.45) is 5.92 Å². The van der Waals surface area contributed by atoms with Crippen LogP contribution in [0.5, 0.6) is 0 Å². The van der Waals surface area contributed by atoms with Crippen molar-refractivity contribution in [1.29, 1.82) is 0 Å². The predicted octanol–water partition coefficient (Wildman–Crippen LogP) is 3.73. The molecule has 0 bridgehead atoms. The van der Waals surface area contributed by atoms with E-state index in [0.717, 1.165) is 43.1 Å². The number of nitrogens with zero attached hydrogens (tertiary/aromatic N) is 1. The maximum Gasteiger partial charge on any atom is 0.146 e. The fourth-order valence-corrected chi connectivity index (χ4v) is 2.72. The highest BCUT2D eigenvalue weighted by Gasteiger charge is 2.17. The lowest BCUT2D eigenvalue weighted by molar-refractivity contribution is 0.520. The number of anilines is 1. The van der Waals surface area contributed by atoms with Gasteiger partial charge in [-0.2, -0.15) is 0 Å². The third-order valence-corrected chi connectivity index (χ3v) is 4.26. The summed E-state index contributed by atoms with van der Waals surface area (Å²) in [5, 5.41) is 3.14. The summed E-state index contributed by atoms with van der Waals surface area (Å²) in [5.41, 5.74) is 1.77. The van der Waals surface area contributed by atoms with Gasteiger partial charge in [0.1, 0.15) is 5.82 Å². The molecule has 1 aromatic carbocycles. The molecule has 2 rings (SSSR count). The van der Waals surface area contributed by atoms with Gasteiger partial charge in [0.2, 0.25) is 0 Å². The highest BCUT2D eigenvalue weighted by Crippen LogP contribution is 2.27. The minimum absolute atomic E-state index is 0.0887. The van der Waals surface area contributed by atoms with E-state index in [4.69, 9.17) is 0 Å². The van der Waals surface area contributed by atoms with Crippen LogP contribution in [0.2, 0.25) is 0 Å². The molecule has 1 aliphatic heterocycles. The summed E-state index contributed by atoms with van der Waals surface area (Å²) in [6, 6.07) is 5.83. The van der Waals surface area contributed by atoms with Crippen molar-refractivity contribution in [3.8, 4) is 0 Å². The summed E-state index contributed by atoms with van der Waals surface area (Å²) in [6.07, 6.45) is 3.58. The Kier molecular flexibility index (Phi) is 4.81. The number of halogens is 1. The normalized spacial score (nSPS) is 22.1. The van der Waals surface area contributed by atoms with Gasteiger partial charge in [-0.25, -0.2) is 4.39 Å². The first-order valence-corrected chi connectivity index (χ1v) is 7.33. The SMILES string of the molecule is CNC(C)c1ccc(N2CCCC(C)CC2)c(F)c1. The molecule has 106 valence electrons. The quantitative estimate of drug-likeness (QED) is 0.895. The van der Waals surface area contributed by atoms with Crippen molar-refractivity contribution in [3.63, 3.8) is 0 Å². The average molecular weight is 264 g/mol. The zero-order chi connectivity index (χ0) is 13.8. The van der Waals surface area contributed by atoms with Gasteiger partial charge in [-0.05, 0) is 56.8 Å². The Morgan fingerprint density at radius 2 is 2.11 bits per heavy atom. The molecule has 0 spiro atoms. The maximum absolute atomic E-state index is 14.3. The minimum Gasteiger partial charge on any atom is -0.369 e. The van der Waals surface area contributed by atoms with Crippen molar-refractivity contribution in [2.75, 3.05) is 25.0 Å². The van der Waals surface area contributed by atoms with Gasteiger partial charge < -0.3 is 10.2 Å². The van der Waals surface area contributed by atoms with Gasteiger partial charge in [0.25, 0.3) is 0 Å². The van der Waals surface area contributed by atoms with E-state index in [1.54, 1.807) is 6.07 Å². The monoisotopic (exact) mass is 264 g/mol. The van der Waals surface area contributed by atoms with Crippen molar-refractivity contribution in [1.82, 2.24) is 5.32 Å². The van der Waals surface area contributed by atoms with Crippen LogP contribution in [0, 0.1) is 11.7 Å². The van der Waals surface area contributed by atoms with Gasteiger partial charge >= 0.3 is 0 Å². The Balaban J connectivity index is 2.16. The Labute approximate surface area is 116 Å². The molecule has 2 nitrogen and oxygen atoms in total. The Bertz CT molecular complexity index is 419. The molecule has 0 aliphatic carbocycles. The molecule has 1 heterocycles. The summed E-state index contributed by atoms with van der Waals surface area (Å²) < 4.78 is 14.3. The first-order chi connectivity index (χ1) is 9.11. The standard InChI is InChI=1S/C16H25FN2/c1-12-5-4-9-19(10-8-12)16-7-6-14(11-15(16)17)13(2)18-3/h6-7,11-13,18H,4-5,8-10H2,1-3H3. The van der Waals surface area contributed by atoms with Gasteiger partial charge in [0, 0.05) is 19.1 Å². The molecule has 0 saturated carbocycles. The van der Waals surface area contributed by atoms with Crippen molar-refractivity contribution >= 4 is 5.69 Å². The number of hydrogen-bond donors (Lipinski definition) is 1. The molecule has 1 fully saturated rings. The van der Waals surface area contributed by atoms with E-state index in [2.05, 4.69) is 17.1 Å². The summed E-state index contributed by atoms with van der Waals surface area (Å²) in [4.78, 5) is 2.20. The van der Waals surface area contributed by atoms with Crippen LogP contribution < -0.4 is 10.2 Å². The molecule has 1 aromatic rings. The predicted molar refractivity (Wildman–Crippen MR) is 79.1 cm³/mol. The number of nitrogens with one attached hydrogen (secondary N) is 1. The molecule has 2 atom stereocenters. The van der Waals surface area contributed by atoms with Gasteiger partial charge in [-0.3, -0.25) is 0 Å². The van der Waals surface area contributed by atoms with Crippen LogP contribution in [0.4, 0.5) is 10.1 Å². The van der Waals surface area contributed by atoms with Gasteiger partial charge in [0.15, 0.2) is 0 Å². The van der Waals surface area contributed by atoms with Crippen molar-refractivity contribution < 1.29 is 4.39 Å². The highest BCUT2D eigenvalue weighted by atomic mass is 19.1. The Morgan fingerprint density at radius 1 is 1.32 bits per heavy atom. The van der Waals surface area contributed by atoms with E-state index in [9.17, 15) is 4.39 Å². The van der Waals surface area contributed by atoms with Crippen LogP contribution in [0.25, 0.3) is 0 Å². The lowest BCUT2D eigenvalue weighted by Crippen LogP contribution is -2.25. The average Bonchev–Trinajstić information content (AvgIpc) is 2.62. The number of rotatable bonds is 3. The third-order valence-electron chi connectivity index (χ3n) is 4.26. The van der Waals surface area contributed by atoms with Gasteiger partial charge in [-0.1, -0.05) is 13.0 Å². The zero-order valence-electron chi connectivity index (χ0n) is 12.2. The fraction of sp³-hybridized carbons (Fsp3) is 0.625. The van der Waals surface area contributed by atoms with E-state index >= 15 is 0 Å². The highest BCUT2D eigenvalue weighted by molar-refractivity contribution is 5.49. The van der Waals surface area contributed by atoms with Gasteiger partial charge in [0.05, 0.1) is 5.69 Å². The minimum atomic E-state index is -0.0887. The second kappa shape index (κ2) is 6.38.